The number of aliphatic hydroxyl groups is 1. The van der Waals surface area contributed by atoms with Crippen molar-refractivity contribution < 1.29 is 33.1 Å². The maximum atomic E-state index is 13.4. The molecule has 5 amide bonds. The number of halogens is 1. The number of likely N-dealkylation sites (N-methyl/N-ethyl adjacent to an activating group) is 1. The monoisotopic (exact) mass is 596 g/mol. The standard InChI is InChI=1S/C30H37FN6O6/c1-17-14-37(18(2)16-38)27(39)13-21-12-24(33-29(40)32-23-8-6-22(31)7-9-23)10-11-25(21)42-26(17)15-36(5)30(41)34-28-19(3)35-43-20(28)4/h6-12,17-18,26,38H,13-16H2,1-5H3,(H,34,41)(H2,32,33,40)/t17-,18-,26+/m1/s1. The summed E-state index contributed by atoms with van der Waals surface area (Å²) in [5.74, 6) is 0.0716. The Balaban J connectivity index is 1.56. The molecule has 0 saturated carbocycles. The van der Waals surface area contributed by atoms with Gasteiger partial charge < -0.3 is 40.1 Å². The number of rotatable bonds is 7. The molecule has 13 heteroatoms. The zero-order valence-corrected chi connectivity index (χ0v) is 24.8. The first kappa shape index (κ1) is 31.3. The van der Waals surface area contributed by atoms with Crippen LogP contribution in [0.2, 0.25) is 0 Å². The van der Waals surface area contributed by atoms with Crippen molar-refractivity contribution in [3.8, 4) is 5.75 Å². The van der Waals surface area contributed by atoms with Gasteiger partial charge in [-0.2, -0.15) is 0 Å². The zero-order valence-electron chi connectivity index (χ0n) is 24.8. The summed E-state index contributed by atoms with van der Waals surface area (Å²) < 4.78 is 24.8. The van der Waals surface area contributed by atoms with Gasteiger partial charge in [-0.25, -0.2) is 14.0 Å². The summed E-state index contributed by atoms with van der Waals surface area (Å²) in [6, 6.07) is 8.96. The van der Waals surface area contributed by atoms with Crippen LogP contribution in [-0.4, -0.2) is 76.9 Å². The Labute approximate surface area is 249 Å². The third-order valence-corrected chi connectivity index (χ3v) is 7.34. The zero-order chi connectivity index (χ0) is 31.3. The Morgan fingerprint density at radius 3 is 2.47 bits per heavy atom. The minimum atomic E-state index is -0.546. The fraction of sp³-hybridized carbons (Fsp3) is 0.400. The Hall–Kier alpha value is -4.65. The second-order valence-corrected chi connectivity index (χ2v) is 10.8. The van der Waals surface area contributed by atoms with Crippen LogP contribution >= 0.6 is 0 Å². The van der Waals surface area contributed by atoms with E-state index in [-0.39, 0.29) is 37.4 Å². The molecule has 0 bridgehead atoms. The maximum absolute atomic E-state index is 13.4. The van der Waals surface area contributed by atoms with E-state index in [0.29, 0.717) is 46.4 Å². The van der Waals surface area contributed by atoms with Gasteiger partial charge in [-0.05, 0) is 63.2 Å². The Bertz CT molecular complexity index is 1440. The first-order valence-corrected chi connectivity index (χ1v) is 13.9. The van der Waals surface area contributed by atoms with E-state index in [1.807, 2.05) is 6.92 Å². The van der Waals surface area contributed by atoms with Crippen LogP contribution in [0.4, 0.5) is 31.0 Å². The number of carbonyl (C=O) groups is 3. The molecule has 12 nitrogen and oxygen atoms in total. The highest BCUT2D eigenvalue weighted by molar-refractivity contribution is 6.00. The summed E-state index contributed by atoms with van der Waals surface area (Å²) in [7, 11) is 1.64. The van der Waals surface area contributed by atoms with Gasteiger partial charge in [0, 0.05) is 36.4 Å². The first-order chi connectivity index (χ1) is 20.4. The number of hydrogen-bond donors (Lipinski definition) is 4. The van der Waals surface area contributed by atoms with E-state index >= 15 is 0 Å². The van der Waals surface area contributed by atoms with E-state index in [1.165, 1.54) is 29.2 Å². The van der Waals surface area contributed by atoms with E-state index in [2.05, 4.69) is 21.1 Å². The van der Waals surface area contributed by atoms with Gasteiger partial charge in [0.1, 0.15) is 29.1 Å². The number of amides is 5. The Morgan fingerprint density at radius 1 is 1.14 bits per heavy atom. The molecule has 230 valence electrons. The topological polar surface area (TPSA) is 149 Å². The van der Waals surface area contributed by atoms with Gasteiger partial charge in [0.2, 0.25) is 5.91 Å². The van der Waals surface area contributed by atoms with Crippen molar-refractivity contribution in [2.75, 3.05) is 42.7 Å². The summed E-state index contributed by atoms with van der Waals surface area (Å²) in [6.45, 7) is 7.39. The quantitative estimate of drug-likeness (QED) is 0.316. The number of aryl methyl sites for hydroxylation is 2. The van der Waals surface area contributed by atoms with Crippen molar-refractivity contribution in [2.45, 2.75) is 46.3 Å². The van der Waals surface area contributed by atoms with Gasteiger partial charge in [0.25, 0.3) is 0 Å². The molecule has 0 unspecified atom stereocenters. The van der Waals surface area contributed by atoms with Crippen LogP contribution in [0.5, 0.6) is 5.75 Å². The number of aliphatic hydroxyl groups excluding tert-OH is 1. The van der Waals surface area contributed by atoms with Gasteiger partial charge in [0.15, 0.2) is 5.76 Å². The molecule has 2 heterocycles. The van der Waals surface area contributed by atoms with Gasteiger partial charge in [-0.15, -0.1) is 0 Å². The molecule has 0 aliphatic carbocycles. The smallest absolute Gasteiger partial charge is 0.323 e. The summed E-state index contributed by atoms with van der Waals surface area (Å²) >= 11 is 0. The second kappa shape index (κ2) is 13.6. The summed E-state index contributed by atoms with van der Waals surface area (Å²) in [5.41, 5.74) is 2.41. The maximum Gasteiger partial charge on any atom is 0.323 e. The molecule has 4 rings (SSSR count). The number of aromatic nitrogens is 1. The third-order valence-electron chi connectivity index (χ3n) is 7.34. The number of benzene rings is 2. The second-order valence-electron chi connectivity index (χ2n) is 10.8. The van der Waals surface area contributed by atoms with Crippen molar-refractivity contribution in [1.29, 1.82) is 0 Å². The molecule has 4 N–H and O–H groups in total. The van der Waals surface area contributed by atoms with Gasteiger partial charge >= 0.3 is 12.1 Å². The number of fused-ring (bicyclic) bond motifs is 1. The van der Waals surface area contributed by atoms with Crippen LogP contribution < -0.4 is 20.7 Å². The summed E-state index contributed by atoms with van der Waals surface area (Å²) in [4.78, 5) is 42.2. The lowest BCUT2D eigenvalue weighted by atomic mass is 10.0. The highest BCUT2D eigenvalue weighted by atomic mass is 19.1. The van der Waals surface area contributed by atoms with Crippen molar-refractivity contribution in [3.63, 3.8) is 0 Å². The number of hydrogen-bond acceptors (Lipinski definition) is 7. The van der Waals surface area contributed by atoms with Gasteiger partial charge in [-0.3, -0.25) is 4.79 Å². The number of carbonyl (C=O) groups excluding carboxylic acids is 3. The molecule has 43 heavy (non-hydrogen) atoms. The normalized spacial score (nSPS) is 17.5. The van der Waals surface area contributed by atoms with Crippen molar-refractivity contribution in [1.82, 2.24) is 15.0 Å². The number of ether oxygens (including phenoxy) is 1. The molecule has 0 saturated heterocycles. The Kier molecular flexibility index (Phi) is 9.86. The van der Waals surface area contributed by atoms with Crippen LogP contribution in [0.3, 0.4) is 0 Å². The lowest BCUT2D eigenvalue weighted by Crippen LogP contribution is -2.48. The largest absolute Gasteiger partial charge is 0.488 e. The Morgan fingerprint density at radius 2 is 1.81 bits per heavy atom. The van der Waals surface area contributed by atoms with E-state index in [0.717, 1.165) is 0 Å². The van der Waals surface area contributed by atoms with Crippen molar-refractivity contribution >= 4 is 35.0 Å². The van der Waals surface area contributed by atoms with Crippen LogP contribution in [-0.2, 0) is 11.2 Å². The number of anilines is 3. The predicted molar refractivity (Wildman–Crippen MR) is 159 cm³/mol. The highest BCUT2D eigenvalue weighted by Crippen LogP contribution is 2.29. The van der Waals surface area contributed by atoms with E-state index in [4.69, 9.17) is 9.26 Å². The van der Waals surface area contributed by atoms with Crippen molar-refractivity contribution in [2.24, 2.45) is 5.92 Å². The number of nitrogens with one attached hydrogen (secondary N) is 3. The molecule has 1 aliphatic rings. The van der Waals surface area contributed by atoms with E-state index in [1.54, 1.807) is 50.9 Å². The minimum absolute atomic E-state index is 0.0312. The predicted octanol–water partition coefficient (Wildman–Crippen LogP) is 4.39. The first-order valence-electron chi connectivity index (χ1n) is 13.9. The molecule has 0 fully saturated rings. The lowest BCUT2D eigenvalue weighted by molar-refractivity contribution is -0.134. The molecule has 3 aromatic rings. The van der Waals surface area contributed by atoms with Gasteiger partial charge in [0.05, 0.1) is 25.6 Å². The molecule has 0 spiro atoms. The van der Waals surface area contributed by atoms with Gasteiger partial charge in [-0.1, -0.05) is 12.1 Å². The third kappa shape index (κ3) is 7.80. The number of nitrogens with zero attached hydrogens (tertiary/aromatic N) is 3. The molecular formula is C30H37FN6O6. The average Bonchev–Trinajstić information content (AvgIpc) is 3.30. The van der Waals surface area contributed by atoms with Crippen LogP contribution in [0.1, 0.15) is 30.9 Å². The van der Waals surface area contributed by atoms with Crippen LogP contribution in [0, 0.1) is 25.6 Å². The van der Waals surface area contributed by atoms with E-state index < -0.39 is 24.0 Å². The summed E-state index contributed by atoms with van der Waals surface area (Å²) in [6.07, 6.45) is -0.560. The molecule has 3 atom stereocenters. The lowest BCUT2D eigenvalue weighted by Gasteiger charge is -2.34. The molecular weight excluding hydrogens is 559 g/mol. The minimum Gasteiger partial charge on any atom is -0.488 e. The highest BCUT2D eigenvalue weighted by Gasteiger charge is 2.32. The average molecular weight is 597 g/mol. The number of urea groups is 2. The van der Waals surface area contributed by atoms with Crippen LogP contribution in [0.25, 0.3) is 0 Å². The van der Waals surface area contributed by atoms with Crippen LogP contribution in [0.15, 0.2) is 47.0 Å². The molecule has 1 aliphatic heterocycles. The van der Waals surface area contributed by atoms with Crippen molar-refractivity contribution in [3.05, 3.63) is 65.3 Å². The van der Waals surface area contributed by atoms with E-state index in [9.17, 15) is 23.9 Å². The molecule has 2 aromatic carbocycles. The molecule has 1 aromatic heterocycles. The molecule has 0 radical (unpaired) electrons. The fourth-order valence-electron chi connectivity index (χ4n) is 4.77. The summed E-state index contributed by atoms with van der Waals surface area (Å²) in [5, 5.41) is 21.9. The fourth-order valence-corrected chi connectivity index (χ4v) is 4.77. The SMILES string of the molecule is Cc1noc(C)c1NC(=O)N(C)C[C@@H]1Oc2ccc(NC(=O)Nc3ccc(F)cc3)cc2CC(=O)N([C@H](C)CO)C[C@H]1C.